The first-order chi connectivity index (χ1) is 13.6. The van der Waals surface area contributed by atoms with Crippen molar-refractivity contribution in [1.82, 2.24) is 0 Å². The van der Waals surface area contributed by atoms with E-state index >= 15 is 0 Å². The fourth-order valence-corrected chi connectivity index (χ4v) is 3.46. The Bertz CT molecular complexity index is 873. The van der Waals surface area contributed by atoms with Gasteiger partial charge in [0.05, 0.1) is 0 Å². The number of hydrogen-bond acceptors (Lipinski definition) is 1. The smallest absolute Gasteiger partial charge is 0.229 e. The first-order valence-electron chi connectivity index (χ1n) is 7.06. The minimum Gasteiger partial charge on any atom is -0.229 e. The van der Waals surface area contributed by atoms with Crippen molar-refractivity contribution in [3.8, 4) is 6.07 Å². The summed E-state index contributed by atoms with van der Waals surface area (Å²) in [6, 6.07) is -1.32. The molecular weight excluding hydrogens is 519 g/mol. The predicted octanol–water partition coefficient (Wildman–Crippen LogP) is 5.74. The molecule has 32 heavy (non-hydrogen) atoms. The van der Waals surface area contributed by atoms with E-state index in [1.165, 1.54) is 0 Å². The highest BCUT2D eigenvalue weighted by molar-refractivity contribution is 5.47. The quantitative estimate of drug-likeness (QED) is 0.406. The molecule has 3 atom stereocenters. The maximum absolute atomic E-state index is 14.9. The Morgan fingerprint density at radius 1 is 0.406 bits per heavy atom. The van der Waals surface area contributed by atoms with Gasteiger partial charge in [0, 0.05) is 0 Å². The van der Waals surface area contributed by atoms with Gasteiger partial charge in [-0.3, -0.25) is 0 Å². The van der Waals surface area contributed by atoms with Crippen molar-refractivity contribution in [2.45, 2.75) is 64.4 Å². The van der Waals surface area contributed by atoms with Gasteiger partial charge in [0.25, 0.3) is 17.0 Å². The summed E-state index contributed by atoms with van der Waals surface area (Å²) in [5.74, 6) is -67.9. The van der Waals surface area contributed by atoms with Gasteiger partial charge in [-0.2, -0.15) is 75.5 Å². The van der Waals surface area contributed by atoms with E-state index in [0.717, 1.165) is 0 Å². The first-order valence-corrected chi connectivity index (χ1v) is 7.06. The van der Waals surface area contributed by atoms with Crippen molar-refractivity contribution < 1.29 is 83.4 Å². The molecule has 186 valence electrons. The Labute approximate surface area is 160 Å². The lowest BCUT2D eigenvalue weighted by atomic mass is 9.49. The predicted molar refractivity (Wildman–Crippen MR) is 56.7 cm³/mol. The highest BCUT2D eigenvalue weighted by atomic mass is 19.4. The molecule has 20 heteroatoms. The topological polar surface area (TPSA) is 23.8 Å². The molecule has 0 aromatic heterocycles. The molecule has 0 radical (unpaired) electrons. The monoisotopic (exact) mass is 519 g/mol. The summed E-state index contributed by atoms with van der Waals surface area (Å²) in [7, 11) is 0. The van der Waals surface area contributed by atoms with Gasteiger partial charge in [0.2, 0.25) is 0 Å². The lowest BCUT2D eigenvalue weighted by Crippen LogP contribution is -3.00. The Balaban J connectivity index is 3.41. The summed E-state index contributed by atoms with van der Waals surface area (Å²) in [5, 5.41) is 7.90. The zero-order valence-electron chi connectivity index (χ0n) is 13.6. The van der Waals surface area contributed by atoms with Crippen LogP contribution in [0.2, 0.25) is 0 Å². The maximum atomic E-state index is 14.9. The van der Waals surface area contributed by atoms with Crippen LogP contribution in [0.5, 0.6) is 0 Å². The fourth-order valence-electron chi connectivity index (χ4n) is 3.46. The Kier molecular flexibility index (Phi) is 4.50. The number of fused-ring (bicyclic) bond motifs is 1. The minimum atomic E-state index is -9.00. The van der Waals surface area contributed by atoms with Gasteiger partial charge in [-0.1, -0.05) is 0 Å². The average Bonchev–Trinajstić information content (AvgIpc) is 2.62. The number of hydrogen-bond donors (Lipinski definition) is 0. The third kappa shape index (κ3) is 1.74. The van der Waals surface area contributed by atoms with Crippen LogP contribution < -0.4 is 0 Å². The van der Waals surface area contributed by atoms with Crippen molar-refractivity contribution in [1.29, 1.82) is 5.26 Å². The summed E-state index contributed by atoms with van der Waals surface area (Å²) in [6.45, 7) is 0. The van der Waals surface area contributed by atoms with Gasteiger partial charge >= 0.3 is 47.4 Å². The zero-order valence-corrected chi connectivity index (χ0v) is 13.6. The molecule has 0 aromatic carbocycles. The number of alkyl halides is 19. The van der Waals surface area contributed by atoms with Gasteiger partial charge in [0.1, 0.15) is 6.07 Å². The van der Waals surface area contributed by atoms with Crippen LogP contribution in [0.4, 0.5) is 83.4 Å². The van der Waals surface area contributed by atoms with E-state index in [0.29, 0.717) is 0 Å². The van der Waals surface area contributed by atoms with E-state index in [1.807, 2.05) is 0 Å². The summed E-state index contributed by atoms with van der Waals surface area (Å²) in [6.07, 6.45) is 0. The van der Waals surface area contributed by atoms with Gasteiger partial charge < -0.3 is 0 Å². The van der Waals surface area contributed by atoms with E-state index in [-0.39, 0.29) is 0 Å². The molecule has 2 saturated carbocycles. The van der Waals surface area contributed by atoms with Crippen LogP contribution >= 0.6 is 0 Å². The fraction of sp³-hybridized carbons (Fsp3) is 0.917. The molecule has 0 bridgehead atoms. The number of rotatable bonds is 1. The van der Waals surface area contributed by atoms with Crippen molar-refractivity contribution in [2.75, 3.05) is 0 Å². The summed E-state index contributed by atoms with van der Waals surface area (Å²) < 4.78 is 262. The third-order valence-electron chi connectivity index (χ3n) is 5.22. The molecule has 3 unspecified atom stereocenters. The molecule has 2 aliphatic rings. The Morgan fingerprint density at radius 2 is 0.656 bits per heavy atom. The van der Waals surface area contributed by atoms with Gasteiger partial charge in [-0.25, -0.2) is 13.2 Å². The van der Waals surface area contributed by atoms with Crippen LogP contribution in [0.25, 0.3) is 0 Å². The SMILES string of the molecule is N#CC(F)(F)C1(F)C(F)(F)C(F)(F)C(F)(F)C2(F)C(F)(F)C(F)(F)C(F)(F)C(F)(F)C12F. The van der Waals surface area contributed by atoms with E-state index in [4.69, 9.17) is 5.26 Å². The van der Waals surface area contributed by atoms with Crippen LogP contribution in [0.3, 0.4) is 0 Å². The number of nitriles is 1. The van der Waals surface area contributed by atoms with Crippen LogP contribution in [0.15, 0.2) is 0 Å². The van der Waals surface area contributed by atoms with Crippen molar-refractivity contribution in [2.24, 2.45) is 0 Å². The Hall–Kier alpha value is -1.84. The molecule has 0 heterocycles. The normalized spacial score (nSPS) is 42.4. The van der Waals surface area contributed by atoms with Crippen molar-refractivity contribution >= 4 is 0 Å². The molecule has 2 rings (SSSR count). The minimum absolute atomic E-state index is 1.32. The summed E-state index contributed by atoms with van der Waals surface area (Å²) in [4.78, 5) is 0. The summed E-state index contributed by atoms with van der Waals surface area (Å²) in [5.41, 5.74) is -26.7. The van der Waals surface area contributed by atoms with Gasteiger partial charge in [0.15, 0.2) is 0 Å². The standard InChI is InChI=1S/C12F19N/c13-2(14,1-32)3(15)4(16)5(17,8(22,23)10(26,27)6(3,18)19)9(24,25)12(30,31)11(28,29)7(4,20)21. The van der Waals surface area contributed by atoms with Crippen LogP contribution in [0.1, 0.15) is 0 Å². The third-order valence-corrected chi connectivity index (χ3v) is 5.22. The maximum Gasteiger partial charge on any atom is 0.382 e. The van der Waals surface area contributed by atoms with Crippen molar-refractivity contribution in [3.63, 3.8) is 0 Å². The zero-order chi connectivity index (χ0) is 26.2. The lowest BCUT2D eigenvalue weighted by Gasteiger charge is -2.65. The average molecular weight is 519 g/mol. The second kappa shape index (κ2) is 5.45. The molecule has 2 aliphatic carbocycles. The molecule has 2 fully saturated rings. The van der Waals surface area contributed by atoms with Crippen LogP contribution in [-0.2, 0) is 0 Å². The molecule has 0 amide bonds. The molecule has 1 nitrogen and oxygen atoms in total. The number of nitrogens with zero attached hydrogens (tertiary/aromatic N) is 1. The lowest BCUT2D eigenvalue weighted by molar-refractivity contribution is -0.556. The largest absolute Gasteiger partial charge is 0.382 e. The van der Waals surface area contributed by atoms with Crippen LogP contribution in [-0.4, -0.2) is 64.4 Å². The summed E-state index contributed by atoms with van der Waals surface area (Å²) >= 11 is 0. The second-order valence-electron chi connectivity index (χ2n) is 6.68. The van der Waals surface area contributed by atoms with Crippen molar-refractivity contribution in [3.05, 3.63) is 0 Å². The molecule has 0 aromatic rings. The van der Waals surface area contributed by atoms with E-state index in [2.05, 4.69) is 0 Å². The van der Waals surface area contributed by atoms with Crippen LogP contribution in [0, 0.1) is 11.3 Å². The van der Waals surface area contributed by atoms with Gasteiger partial charge in [-0.15, -0.1) is 0 Å². The molecular formula is C12F19N. The second-order valence-corrected chi connectivity index (χ2v) is 6.68. The van der Waals surface area contributed by atoms with E-state index < -0.39 is 70.5 Å². The van der Waals surface area contributed by atoms with Gasteiger partial charge in [-0.05, 0) is 0 Å². The molecule has 0 spiro atoms. The Morgan fingerprint density at radius 3 is 0.938 bits per heavy atom. The van der Waals surface area contributed by atoms with E-state index in [9.17, 15) is 83.4 Å². The highest BCUT2D eigenvalue weighted by Gasteiger charge is 3.16. The number of halogens is 19. The van der Waals surface area contributed by atoms with E-state index in [1.54, 1.807) is 0 Å². The molecule has 0 aliphatic heterocycles. The first kappa shape index (κ1) is 26.4. The molecule has 0 saturated heterocycles. The molecule has 0 N–H and O–H groups in total. The highest BCUT2D eigenvalue weighted by Crippen LogP contribution is 2.82.